The van der Waals surface area contributed by atoms with E-state index >= 15 is 0 Å². The standard InChI is InChI=1S/C14H21BrN2S/c15-14-6-5-13(18-14)7-9-17-8-1-2-12(10-17)16-11-3-4-11/h5-6,11-12,16H,1-4,7-10H2. The molecule has 1 aromatic rings. The van der Waals surface area contributed by atoms with Crippen LogP contribution < -0.4 is 5.32 Å². The van der Waals surface area contributed by atoms with Crippen molar-refractivity contribution < 1.29 is 0 Å². The molecule has 0 bridgehead atoms. The van der Waals surface area contributed by atoms with E-state index in [9.17, 15) is 0 Å². The lowest BCUT2D eigenvalue weighted by molar-refractivity contribution is 0.192. The van der Waals surface area contributed by atoms with Crippen molar-refractivity contribution >= 4 is 27.3 Å². The maximum absolute atomic E-state index is 3.78. The summed E-state index contributed by atoms with van der Waals surface area (Å²) in [5, 5.41) is 3.78. The van der Waals surface area contributed by atoms with Gasteiger partial charge in [-0.2, -0.15) is 0 Å². The van der Waals surface area contributed by atoms with Crippen LogP contribution in [0, 0.1) is 0 Å². The first-order valence-corrected chi connectivity index (χ1v) is 8.63. The molecular formula is C14H21BrN2S. The van der Waals surface area contributed by atoms with Crippen molar-refractivity contribution in [3.05, 3.63) is 20.8 Å². The maximum Gasteiger partial charge on any atom is 0.0701 e. The molecule has 1 aliphatic heterocycles. The van der Waals surface area contributed by atoms with Crippen molar-refractivity contribution in [3.8, 4) is 0 Å². The Morgan fingerprint density at radius 1 is 1.28 bits per heavy atom. The average Bonchev–Trinajstić information content (AvgIpc) is 3.08. The van der Waals surface area contributed by atoms with Gasteiger partial charge in [-0.25, -0.2) is 0 Å². The molecule has 2 aliphatic rings. The summed E-state index contributed by atoms with van der Waals surface area (Å²) in [5.41, 5.74) is 0. The zero-order valence-corrected chi connectivity index (χ0v) is 13.1. The van der Waals surface area contributed by atoms with E-state index in [0.717, 1.165) is 12.1 Å². The fraction of sp³-hybridized carbons (Fsp3) is 0.714. The summed E-state index contributed by atoms with van der Waals surface area (Å²) in [7, 11) is 0. The minimum Gasteiger partial charge on any atom is -0.310 e. The molecule has 1 unspecified atom stereocenters. The van der Waals surface area contributed by atoms with Crippen LogP contribution in [-0.4, -0.2) is 36.6 Å². The molecule has 0 radical (unpaired) electrons. The highest BCUT2D eigenvalue weighted by Crippen LogP contribution is 2.24. The number of hydrogen-bond acceptors (Lipinski definition) is 3. The highest BCUT2D eigenvalue weighted by molar-refractivity contribution is 9.11. The second-order valence-electron chi connectivity index (χ2n) is 5.54. The molecule has 1 atom stereocenters. The second-order valence-corrected chi connectivity index (χ2v) is 8.08. The van der Waals surface area contributed by atoms with Crippen molar-refractivity contribution in [1.82, 2.24) is 10.2 Å². The fourth-order valence-corrected chi connectivity index (χ4v) is 4.20. The van der Waals surface area contributed by atoms with Crippen LogP contribution >= 0.6 is 27.3 Å². The molecule has 1 N–H and O–H groups in total. The van der Waals surface area contributed by atoms with E-state index in [0.29, 0.717) is 0 Å². The van der Waals surface area contributed by atoms with Gasteiger partial charge in [0.2, 0.25) is 0 Å². The monoisotopic (exact) mass is 328 g/mol. The minimum absolute atomic E-state index is 0.751. The number of nitrogens with one attached hydrogen (secondary N) is 1. The van der Waals surface area contributed by atoms with Gasteiger partial charge in [-0.15, -0.1) is 11.3 Å². The topological polar surface area (TPSA) is 15.3 Å². The smallest absolute Gasteiger partial charge is 0.0701 e. The van der Waals surface area contributed by atoms with Crippen molar-refractivity contribution in [1.29, 1.82) is 0 Å². The van der Waals surface area contributed by atoms with E-state index in [1.54, 1.807) is 0 Å². The van der Waals surface area contributed by atoms with Gasteiger partial charge in [0, 0.05) is 30.1 Å². The molecule has 1 aromatic heterocycles. The third-order valence-corrected chi connectivity index (χ3v) is 5.54. The van der Waals surface area contributed by atoms with Gasteiger partial charge in [-0.05, 0) is 66.7 Å². The molecule has 100 valence electrons. The molecular weight excluding hydrogens is 308 g/mol. The third-order valence-electron chi connectivity index (χ3n) is 3.86. The summed E-state index contributed by atoms with van der Waals surface area (Å²) in [4.78, 5) is 4.14. The maximum atomic E-state index is 3.78. The summed E-state index contributed by atoms with van der Waals surface area (Å²) in [6, 6.07) is 6.01. The molecule has 4 heteroatoms. The first kappa shape index (κ1) is 13.1. The Kier molecular flexibility index (Phi) is 4.39. The Morgan fingerprint density at radius 2 is 2.17 bits per heavy atom. The van der Waals surface area contributed by atoms with Crippen LogP contribution in [0.4, 0.5) is 0 Å². The predicted octanol–water partition coefficient (Wildman–Crippen LogP) is 3.27. The third kappa shape index (κ3) is 3.80. The molecule has 18 heavy (non-hydrogen) atoms. The van der Waals surface area contributed by atoms with Gasteiger partial charge in [-0.3, -0.25) is 0 Å². The molecule has 1 saturated heterocycles. The van der Waals surface area contributed by atoms with Crippen LogP contribution in [-0.2, 0) is 6.42 Å². The van der Waals surface area contributed by atoms with Gasteiger partial charge >= 0.3 is 0 Å². The van der Waals surface area contributed by atoms with Gasteiger partial charge in [0.15, 0.2) is 0 Å². The summed E-state index contributed by atoms with van der Waals surface area (Å²) < 4.78 is 1.25. The van der Waals surface area contributed by atoms with Crippen molar-refractivity contribution in [2.75, 3.05) is 19.6 Å². The van der Waals surface area contributed by atoms with E-state index in [-0.39, 0.29) is 0 Å². The number of hydrogen-bond donors (Lipinski definition) is 1. The van der Waals surface area contributed by atoms with Crippen molar-refractivity contribution in [2.24, 2.45) is 0 Å². The molecule has 2 fully saturated rings. The quantitative estimate of drug-likeness (QED) is 0.892. The number of thiophene rings is 1. The average molecular weight is 329 g/mol. The molecule has 2 nitrogen and oxygen atoms in total. The van der Waals surface area contributed by atoms with Gasteiger partial charge in [0.1, 0.15) is 0 Å². The van der Waals surface area contributed by atoms with Gasteiger partial charge in [0.25, 0.3) is 0 Å². The first-order valence-electron chi connectivity index (χ1n) is 7.02. The lowest BCUT2D eigenvalue weighted by Crippen LogP contribution is -2.46. The molecule has 0 amide bonds. The Hall–Kier alpha value is 0.1000. The SMILES string of the molecule is Brc1ccc(CCN2CCCC(NC3CC3)C2)s1. The Balaban J connectivity index is 1.43. The van der Waals surface area contributed by atoms with E-state index in [1.807, 2.05) is 11.3 Å². The molecule has 1 saturated carbocycles. The lowest BCUT2D eigenvalue weighted by Gasteiger charge is -2.33. The molecule has 0 aromatic carbocycles. The number of likely N-dealkylation sites (tertiary alicyclic amines) is 1. The summed E-state index contributed by atoms with van der Waals surface area (Å²) in [5.74, 6) is 0. The van der Waals surface area contributed by atoms with Crippen LogP contribution in [0.25, 0.3) is 0 Å². The largest absolute Gasteiger partial charge is 0.310 e. The summed E-state index contributed by atoms with van der Waals surface area (Å²) in [6.45, 7) is 3.76. The zero-order valence-electron chi connectivity index (χ0n) is 10.7. The molecule has 2 heterocycles. The van der Waals surface area contributed by atoms with Crippen LogP contribution in [0.15, 0.2) is 15.9 Å². The second kappa shape index (κ2) is 6.04. The highest BCUT2D eigenvalue weighted by Gasteiger charge is 2.27. The number of piperidine rings is 1. The Morgan fingerprint density at radius 3 is 2.89 bits per heavy atom. The van der Waals surface area contributed by atoms with Crippen LogP contribution in [0.1, 0.15) is 30.6 Å². The van der Waals surface area contributed by atoms with E-state index in [1.165, 1.54) is 60.4 Å². The van der Waals surface area contributed by atoms with Crippen LogP contribution in [0.3, 0.4) is 0 Å². The molecule has 3 rings (SSSR count). The van der Waals surface area contributed by atoms with Gasteiger partial charge in [-0.1, -0.05) is 0 Å². The van der Waals surface area contributed by atoms with Crippen LogP contribution in [0.5, 0.6) is 0 Å². The predicted molar refractivity (Wildman–Crippen MR) is 81.3 cm³/mol. The summed E-state index contributed by atoms with van der Waals surface area (Å²) >= 11 is 5.41. The molecule has 0 spiro atoms. The normalized spacial score (nSPS) is 25.5. The first-order chi connectivity index (χ1) is 8.79. The van der Waals surface area contributed by atoms with Crippen molar-refractivity contribution in [3.63, 3.8) is 0 Å². The van der Waals surface area contributed by atoms with E-state index in [4.69, 9.17) is 0 Å². The fourth-order valence-electron chi connectivity index (χ4n) is 2.73. The van der Waals surface area contributed by atoms with Crippen LogP contribution in [0.2, 0.25) is 0 Å². The Labute approximate surface area is 122 Å². The molecule has 1 aliphatic carbocycles. The number of nitrogens with zero attached hydrogens (tertiary/aromatic N) is 1. The number of rotatable bonds is 5. The van der Waals surface area contributed by atoms with Gasteiger partial charge in [0.05, 0.1) is 3.79 Å². The van der Waals surface area contributed by atoms with Crippen molar-refractivity contribution in [2.45, 2.75) is 44.2 Å². The number of halogens is 1. The van der Waals surface area contributed by atoms with E-state index in [2.05, 4.69) is 38.3 Å². The Bertz CT molecular complexity index is 389. The minimum atomic E-state index is 0.751. The zero-order chi connectivity index (χ0) is 12.4. The highest BCUT2D eigenvalue weighted by atomic mass is 79.9. The summed E-state index contributed by atoms with van der Waals surface area (Å²) in [6.07, 6.45) is 6.74. The van der Waals surface area contributed by atoms with E-state index < -0.39 is 0 Å². The lowest BCUT2D eigenvalue weighted by atomic mass is 10.1. The van der Waals surface area contributed by atoms with Gasteiger partial charge < -0.3 is 10.2 Å².